The zero-order valence-corrected chi connectivity index (χ0v) is 24.8. The number of rotatable bonds is 6. The van der Waals surface area contributed by atoms with E-state index in [1.165, 1.54) is 17.7 Å². The fourth-order valence-electron chi connectivity index (χ4n) is 6.14. The number of sulfonamides is 1. The number of likely N-dealkylation sites (tertiary alicyclic amines) is 2. The van der Waals surface area contributed by atoms with Crippen LogP contribution in [-0.4, -0.2) is 121 Å². The van der Waals surface area contributed by atoms with Crippen molar-refractivity contribution in [3.8, 4) is 11.3 Å². The molecule has 15 heteroatoms. The molecule has 0 radical (unpaired) electrons. The first kappa shape index (κ1) is 29.8. The van der Waals surface area contributed by atoms with Gasteiger partial charge in [-0.25, -0.2) is 18.2 Å². The van der Waals surface area contributed by atoms with Gasteiger partial charge in [0.2, 0.25) is 15.9 Å². The summed E-state index contributed by atoms with van der Waals surface area (Å²) in [5.41, 5.74) is 7.94. The van der Waals surface area contributed by atoms with Gasteiger partial charge < -0.3 is 25.3 Å². The summed E-state index contributed by atoms with van der Waals surface area (Å²) in [7, 11) is -1.93. The molecule has 2 amide bonds. The standard InChI is InChI=1S/C27H39N9O5S/c1-41-27(38)31-20-5-3-18(4-6-20)22-16-30-24(32-22)23-15-21(33-11-13-35(14-12-33)42(2,39)40)17-36(23)25(37)19-7-9-34(10-8-19)26(28)29/h3-6,16,19,21,23H,7-15,17H2,1-2H3,(H3,28,29)(H,30,32)(H,31,38)/t21?,23-/m0/s1. The summed E-state index contributed by atoms with van der Waals surface area (Å²) in [4.78, 5) is 39.6. The number of ether oxygens (including phenoxy) is 1. The number of aromatic amines is 1. The van der Waals surface area contributed by atoms with Crippen molar-refractivity contribution < 1.29 is 22.7 Å². The number of nitrogens with two attached hydrogens (primary N) is 1. The Morgan fingerprint density at radius 3 is 2.36 bits per heavy atom. The average molecular weight is 602 g/mol. The van der Waals surface area contributed by atoms with Crippen LogP contribution in [0.5, 0.6) is 0 Å². The van der Waals surface area contributed by atoms with Crippen LogP contribution in [0.1, 0.15) is 31.1 Å². The lowest BCUT2D eigenvalue weighted by Crippen LogP contribution is -2.52. The zero-order chi connectivity index (χ0) is 30.0. The van der Waals surface area contributed by atoms with E-state index >= 15 is 0 Å². The molecule has 228 valence electrons. The normalized spacial score (nSPS) is 22.7. The monoisotopic (exact) mass is 601 g/mol. The van der Waals surface area contributed by atoms with Crippen molar-refractivity contribution in [1.29, 1.82) is 5.41 Å². The summed E-state index contributed by atoms with van der Waals surface area (Å²) in [5, 5.41) is 10.3. The van der Waals surface area contributed by atoms with Crippen molar-refractivity contribution in [2.24, 2.45) is 11.7 Å². The number of aromatic nitrogens is 2. The zero-order valence-electron chi connectivity index (χ0n) is 24.0. The van der Waals surface area contributed by atoms with Crippen molar-refractivity contribution in [2.45, 2.75) is 31.3 Å². The van der Waals surface area contributed by atoms with Crippen molar-refractivity contribution in [1.82, 2.24) is 29.0 Å². The van der Waals surface area contributed by atoms with Gasteiger partial charge in [0.25, 0.3) is 0 Å². The Kier molecular flexibility index (Phi) is 8.70. The number of nitrogens with zero attached hydrogens (tertiary/aromatic N) is 5. The molecular weight excluding hydrogens is 562 g/mol. The molecule has 5 N–H and O–H groups in total. The van der Waals surface area contributed by atoms with Gasteiger partial charge in [-0.1, -0.05) is 12.1 Å². The van der Waals surface area contributed by atoms with Gasteiger partial charge in [0, 0.05) is 63.5 Å². The molecule has 1 aromatic heterocycles. The van der Waals surface area contributed by atoms with E-state index in [9.17, 15) is 18.0 Å². The van der Waals surface area contributed by atoms with Crippen LogP contribution in [0.4, 0.5) is 10.5 Å². The third kappa shape index (κ3) is 6.52. The molecule has 3 aliphatic rings. The molecule has 3 aliphatic heterocycles. The fourth-order valence-corrected chi connectivity index (χ4v) is 6.96. The molecule has 0 aliphatic carbocycles. The number of hydrogen-bond donors (Lipinski definition) is 4. The van der Waals surface area contributed by atoms with Gasteiger partial charge >= 0.3 is 6.09 Å². The van der Waals surface area contributed by atoms with Crippen LogP contribution in [0.2, 0.25) is 0 Å². The number of anilines is 1. The highest BCUT2D eigenvalue weighted by molar-refractivity contribution is 7.88. The minimum atomic E-state index is -3.24. The van der Waals surface area contributed by atoms with E-state index in [1.807, 2.05) is 17.0 Å². The van der Waals surface area contributed by atoms with Gasteiger partial charge in [0.05, 0.1) is 31.3 Å². The van der Waals surface area contributed by atoms with Gasteiger partial charge in [-0.2, -0.15) is 4.31 Å². The molecule has 4 heterocycles. The number of amides is 2. The lowest BCUT2D eigenvalue weighted by atomic mass is 9.95. The van der Waals surface area contributed by atoms with E-state index < -0.39 is 16.1 Å². The Morgan fingerprint density at radius 2 is 1.76 bits per heavy atom. The maximum atomic E-state index is 13.9. The molecule has 0 bridgehead atoms. The predicted octanol–water partition coefficient (Wildman–Crippen LogP) is 1.08. The molecule has 1 aromatic carbocycles. The van der Waals surface area contributed by atoms with Crippen LogP contribution in [0.3, 0.4) is 0 Å². The highest BCUT2D eigenvalue weighted by Crippen LogP contribution is 2.37. The van der Waals surface area contributed by atoms with Gasteiger partial charge in [-0.15, -0.1) is 0 Å². The molecule has 5 rings (SSSR count). The molecule has 0 saturated carbocycles. The Hall–Kier alpha value is -3.69. The van der Waals surface area contributed by atoms with Crippen LogP contribution in [-0.2, 0) is 19.6 Å². The number of nitrogens with one attached hydrogen (secondary N) is 3. The summed E-state index contributed by atoms with van der Waals surface area (Å²) >= 11 is 0. The summed E-state index contributed by atoms with van der Waals surface area (Å²) in [6.45, 7) is 3.78. The molecule has 1 unspecified atom stereocenters. The smallest absolute Gasteiger partial charge is 0.411 e. The van der Waals surface area contributed by atoms with E-state index in [0.29, 0.717) is 76.6 Å². The molecular formula is C27H39N9O5S. The maximum Gasteiger partial charge on any atom is 0.411 e. The largest absolute Gasteiger partial charge is 0.453 e. The van der Waals surface area contributed by atoms with Crippen LogP contribution in [0.15, 0.2) is 30.5 Å². The number of piperidine rings is 1. The molecule has 0 spiro atoms. The molecule has 14 nitrogen and oxygen atoms in total. The van der Waals surface area contributed by atoms with Crippen molar-refractivity contribution in [2.75, 3.05) is 64.5 Å². The van der Waals surface area contributed by atoms with Crippen LogP contribution >= 0.6 is 0 Å². The molecule has 3 fully saturated rings. The number of H-pyrrole nitrogens is 1. The number of carbonyl (C=O) groups excluding carboxylic acids is 2. The van der Waals surface area contributed by atoms with Crippen LogP contribution in [0, 0.1) is 11.3 Å². The van der Waals surface area contributed by atoms with Gasteiger partial charge in [0.15, 0.2) is 5.96 Å². The Bertz CT molecular complexity index is 1400. The maximum absolute atomic E-state index is 13.9. The number of carbonyl (C=O) groups is 2. The average Bonchev–Trinajstić information content (AvgIpc) is 3.65. The second-order valence-electron chi connectivity index (χ2n) is 11.1. The third-order valence-electron chi connectivity index (χ3n) is 8.54. The van der Waals surface area contributed by atoms with E-state index in [1.54, 1.807) is 23.2 Å². The predicted molar refractivity (Wildman–Crippen MR) is 157 cm³/mol. The second-order valence-corrected chi connectivity index (χ2v) is 13.1. The first-order valence-corrected chi connectivity index (χ1v) is 16.0. The number of guanidine groups is 1. The van der Waals surface area contributed by atoms with E-state index in [0.717, 1.165) is 11.3 Å². The van der Waals surface area contributed by atoms with E-state index in [2.05, 4.69) is 19.9 Å². The van der Waals surface area contributed by atoms with Crippen molar-refractivity contribution in [3.05, 3.63) is 36.3 Å². The SMILES string of the molecule is COC(=O)Nc1ccc(-c2cnc([C@@H]3CC(N4CCN(S(C)(=O)=O)CC4)CN3C(=O)C3CCN(C(=N)N)CC3)[nH]2)cc1. The molecule has 42 heavy (non-hydrogen) atoms. The molecule has 2 atom stereocenters. The Morgan fingerprint density at radius 1 is 1.10 bits per heavy atom. The summed E-state index contributed by atoms with van der Waals surface area (Å²) < 4.78 is 30.2. The number of piperazine rings is 1. The lowest BCUT2D eigenvalue weighted by Gasteiger charge is -2.37. The highest BCUT2D eigenvalue weighted by Gasteiger charge is 2.43. The Labute approximate surface area is 245 Å². The van der Waals surface area contributed by atoms with Crippen molar-refractivity contribution in [3.63, 3.8) is 0 Å². The quantitative estimate of drug-likeness (QED) is 0.278. The van der Waals surface area contributed by atoms with E-state index in [4.69, 9.17) is 16.1 Å². The number of hydrogen-bond acceptors (Lipinski definition) is 8. The van der Waals surface area contributed by atoms with Crippen LogP contribution < -0.4 is 11.1 Å². The highest BCUT2D eigenvalue weighted by atomic mass is 32.2. The molecule has 2 aromatic rings. The topological polar surface area (TPSA) is 181 Å². The summed E-state index contributed by atoms with van der Waals surface area (Å²) in [5.74, 6) is 0.656. The Balaban J connectivity index is 1.33. The van der Waals surface area contributed by atoms with Gasteiger partial charge in [0.1, 0.15) is 5.82 Å². The second kappa shape index (κ2) is 12.3. The fraction of sp³-hybridized carbons (Fsp3) is 0.556. The van der Waals surface area contributed by atoms with Crippen LogP contribution in [0.25, 0.3) is 11.3 Å². The van der Waals surface area contributed by atoms with Gasteiger partial charge in [-0.3, -0.25) is 20.4 Å². The lowest BCUT2D eigenvalue weighted by molar-refractivity contribution is -0.138. The number of imidazole rings is 1. The van der Waals surface area contributed by atoms with Crippen molar-refractivity contribution >= 4 is 33.7 Å². The summed E-state index contributed by atoms with van der Waals surface area (Å²) in [6, 6.07) is 7.11. The minimum Gasteiger partial charge on any atom is -0.453 e. The number of methoxy groups -OCH3 is 1. The van der Waals surface area contributed by atoms with E-state index in [-0.39, 0.29) is 29.9 Å². The minimum absolute atomic E-state index is 0.0328. The first-order chi connectivity index (χ1) is 20.0. The molecule has 3 saturated heterocycles. The van der Waals surface area contributed by atoms with Gasteiger partial charge in [-0.05, 0) is 37.0 Å². The summed E-state index contributed by atoms with van der Waals surface area (Å²) in [6.07, 6.45) is 4.40. The first-order valence-electron chi connectivity index (χ1n) is 14.1. The third-order valence-corrected chi connectivity index (χ3v) is 9.85. The number of benzene rings is 1.